The van der Waals surface area contributed by atoms with Crippen molar-refractivity contribution < 1.29 is 84.9 Å². The van der Waals surface area contributed by atoms with Gasteiger partial charge in [-0.1, -0.05) is 31.9 Å². The number of aliphatic hydroxyl groups excluding tert-OH is 1. The molecule has 1 saturated carbocycles. The molecule has 1 aliphatic carbocycles. The minimum atomic E-state index is -8.60. The number of hydrogen-bond donors (Lipinski definition) is 1. The summed E-state index contributed by atoms with van der Waals surface area (Å²) in [6.07, 6.45) is 5.35. The summed E-state index contributed by atoms with van der Waals surface area (Å²) in [6, 6.07) is 4.59. The monoisotopic (exact) mass is 690 g/mol. The molecule has 1 aromatic carbocycles. The molecular weight excluding hydrogens is 664 g/mol. The van der Waals surface area contributed by atoms with Gasteiger partial charge in [-0.15, -0.1) is 0 Å². The Balaban J connectivity index is 2.25. The van der Waals surface area contributed by atoms with E-state index < -0.39 is 72.1 Å². The number of benzene rings is 1. The number of aliphatic hydroxyl groups is 1. The van der Waals surface area contributed by atoms with Crippen LogP contribution in [0.1, 0.15) is 67.3 Å². The molecule has 3 nitrogen and oxygen atoms in total. The van der Waals surface area contributed by atoms with E-state index >= 15 is 0 Å². The van der Waals surface area contributed by atoms with Crippen LogP contribution in [0.25, 0.3) is 0 Å². The number of ether oxygens (including phenoxy) is 1. The highest BCUT2D eigenvalue weighted by Gasteiger charge is 2.94. The van der Waals surface area contributed by atoms with E-state index in [9.17, 15) is 75.0 Å². The van der Waals surface area contributed by atoms with Crippen LogP contribution in [0, 0.1) is 5.92 Å². The van der Waals surface area contributed by atoms with E-state index in [1.165, 1.54) is 12.1 Å². The summed E-state index contributed by atoms with van der Waals surface area (Å²) in [7, 11) is 0. The topological polar surface area (TPSA) is 46.5 Å². The van der Waals surface area contributed by atoms with Crippen LogP contribution in [-0.2, 0) is 4.74 Å². The Kier molecular flexibility index (Phi) is 10.9. The Morgan fingerprint density at radius 3 is 1.47 bits per heavy atom. The molecule has 0 unspecified atom stereocenters. The van der Waals surface area contributed by atoms with Crippen molar-refractivity contribution >= 4 is 5.97 Å². The smallest absolute Gasteiger partial charge is 0.385 e. The zero-order valence-corrected chi connectivity index (χ0v) is 22.9. The second-order valence-corrected chi connectivity index (χ2v) is 10.7. The predicted octanol–water partition coefficient (Wildman–Crippen LogP) is 8.99. The molecular formula is C26H26F16O3. The van der Waals surface area contributed by atoms with E-state index in [1.807, 2.05) is 6.92 Å². The Labute approximate surface area is 244 Å². The highest BCUT2D eigenvalue weighted by molar-refractivity contribution is 5.89. The third-order valence-corrected chi connectivity index (χ3v) is 7.64. The van der Waals surface area contributed by atoms with E-state index in [-0.39, 0.29) is 5.92 Å². The summed E-state index contributed by atoms with van der Waals surface area (Å²) >= 11 is 0. The highest BCUT2D eigenvalue weighted by Crippen LogP contribution is 2.63. The van der Waals surface area contributed by atoms with Crippen LogP contribution in [0.5, 0.6) is 0 Å². The summed E-state index contributed by atoms with van der Waals surface area (Å²) in [6.45, 7) is -4.66. The second-order valence-electron chi connectivity index (χ2n) is 10.7. The molecule has 1 aromatic rings. The second kappa shape index (κ2) is 12.6. The Bertz CT molecular complexity index is 1160. The van der Waals surface area contributed by atoms with Crippen molar-refractivity contribution in [2.75, 3.05) is 13.2 Å². The van der Waals surface area contributed by atoms with Crippen LogP contribution < -0.4 is 0 Å². The Morgan fingerprint density at radius 1 is 0.667 bits per heavy atom. The van der Waals surface area contributed by atoms with E-state index in [1.54, 1.807) is 0 Å². The van der Waals surface area contributed by atoms with Crippen molar-refractivity contribution in [2.45, 2.75) is 98.7 Å². The third kappa shape index (κ3) is 6.42. The maximum absolute atomic E-state index is 14.1. The first-order valence-corrected chi connectivity index (χ1v) is 13.1. The number of carbonyl (C=O) groups excluding carboxylic acids is 1. The molecule has 2 rings (SSSR count). The number of hydrogen-bond acceptors (Lipinski definition) is 3. The first-order chi connectivity index (χ1) is 20.2. The summed E-state index contributed by atoms with van der Waals surface area (Å²) in [5.74, 6) is -64.5. The van der Waals surface area contributed by atoms with Crippen molar-refractivity contribution in [2.24, 2.45) is 5.92 Å². The standard InChI is InChI=1S/C26H26F16O3/c1-2-3-14-4-6-15(7-5-14)16-8-10-17(11-9-16)18(44)45-13-20(29,30)22(33,34)24(37,38)26(41,42)25(39,40)23(35,36)21(31,32)19(27,28)12-43/h8-11,14-15,43H,2-7,12-13H2,1H3. The van der Waals surface area contributed by atoms with Crippen LogP contribution in [-0.4, -0.2) is 71.7 Å². The largest absolute Gasteiger partial charge is 0.455 e. The van der Waals surface area contributed by atoms with Gasteiger partial charge in [-0.2, -0.15) is 70.2 Å². The molecule has 1 N–H and O–H groups in total. The molecule has 0 aliphatic heterocycles. The van der Waals surface area contributed by atoms with Crippen molar-refractivity contribution in [3.63, 3.8) is 0 Å². The Hall–Kier alpha value is -2.47. The highest BCUT2D eigenvalue weighted by atomic mass is 19.4. The minimum Gasteiger partial charge on any atom is -0.455 e. The average Bonchev–Trinajstić information content (AvgIpc) is 2.95. The lowest BCUT2D eigenvalue weighted by Gasteiger charge is -2.43. The first kappa shape index (κ1) is 38.7. The lowest BCUT2D eigenvalue weighted by Crippen LogP contribution is -2.75. The van der Waals surface area contributed by atoms with Gasteiger partial charge in [-0.05, 0) is 55.2 Å². The van der Waals surface area contributed by atoms with E-state index in [0.29, 0.717) is 11.5 Å². The van der Waals surface area contributed by atoms with Gasteiger partial charge in [0, 0.05) is 0 Å². The molecule has 19 heteroatoms. The molecule has 0 amide bonds. The number of halogens is 16. The zero-order valence-electron chi connectivity index (χ0n) is 22.9. The SMILES string of the molecule is CCCC1CCC(c2ccc(C(=O)OCC(F)(F)C(F)(F)C(F)(F)C(F)(F)C(F)(F)C(F)(F)C(F)(F)C(F)(F)CO)cc2)CC1. The number of carbonyl (C=O) groups is 1. The fourth-order valence-electron chi connectivity index (χ4n) is 4.76. The molecule has 0 heterocycles. The van der Waals surface area contributed by atoms with Crippen molar-refractivity contribution in [1.82, 2.24) is 0 Å². The van der Waals surface area contributed by atoms with E-state index in [2.05, 4.69) is 4.74 Å². The molecule has 0 radical (unpaired) electrons. The van der Waals surface area contributed by atoms with Gasteiger partial charge in [-0.25, -0.2) is 4.79 Å². The fourth-order valence-corrected chi connectivity index (χ4v) is 4.76. The van der Waals surface area contributed by atoms with Gasteiger partial charge in [0.05, 0.1) is 5.56 Å². The van der Waals surface area contributed by atoms with Gasteiger partial charge < -0.3 is 9.84 Å². The molecule has 45 heavy (non-hydrogen) atoms. The first-order valence-electron chi connectivity index (χ1n) is 13.1. The lowest BCUT2D eigenvalue weighted by atomic mass is 9.77. The third-order valence-electron chi connectivity index (χ3n) is 7.64. The summed E-state index contributed by atoms with van der Waals surface area (Å²) in [5, 5.41) is 8.04. The van der Waals surface area contributed by atoms with Gasteiger partial charge in [0.15, 0.2) is 6.61 Å². The van der Waals surface area contributed by atoms with Gasteiger partial charge in [0.25, 0.3) is 0 Å². The van der Waals surface area contributed by atoms with Crippen LogP contribution in [0.4, 0.5) is 70.2 Å². The fraction of sp³-hybridized carbons (Fsp3) is 0.731. The van der Waals surface area contributed by atoms with Crippen molar-refractivity contribution in [1.29, 1.82) is 0 Å². The molecule has 1 aliphatic rings. The lowest BCUT2D eigenvalue weighted by molar-refractivity contribution is -0.454. The molecule has 0 spiro atoms. The summed E-state index contributed by atoms with van der Waals surface area (Å²) < 4.78 is 223. The van der Waals surface area contributed by atoms with E-state index in [0.717, 1.165) is 50.7 Å². The van der Waals surface area contributed by atoms with Crippen molar-refractivity contribution in [3.8, 4) is 0 Å². The predicted molar refractivity (Wildman–Crippen MR) is 123 cm³/mol. The molecule has 0 saturated heterocycles. The molecule has 0 atom stereocenters. The number of alkyl halides is 16. The molecule has 260 valence electrons. The van der Waals surface area contributed by atoms with Crippen molar-refractivity contribution in [3.05, 3.63) is 35.4 Å². The quantitative estimate of drug-likeness (QED) is 0.157. The minimum absolute atomic E-state index is 0.0374. The maximum atomic E-state index is 14.1. The van der Waals surface area contributed by atoms with Crippen LogP contribution in [0.3, 0.4) is 0 Å². The average molecular weight is 690 g/mol. The normalized spacial score (nSPS) is 19.9. The van der Waals surface area contributed by atoms with Gasteiger partial charge in [0.1, 0.15) is 6.61 Å². The zero-order chi connectivity index (χ0) is 35.1. The van der Waals surface area contributed by atoms with Crippen LogP contribution >= 0.6 is 0 Å². The summed E-state index contributed by atoms with van der Waals surface area (Å²) in [4.78, 5) is 12.1. The van der Waals surface area contributed by atoms with Gasteiger partial charge >= 0.3 is 53.3 Å². The van der Waals surface area contributed by atoms with Gasteiger partial charge in [0.2, 0.25) is 0 Å². The maximum Gasteiger partial charge on any atom is 0.385 e. The molecule has 0 bridgehead atoms. The molecule has 1 fully saturated rings. The Morgan fingerprint density at radius 2 is 1.07 bits per heavy atom. The van der Waals surface area contributed by atoms with Crippen LogP contribution in [0.15, 0.2) is 24.3 Å². The summed E-state index contributed by atoms with van der Waals surface area (Å²) in [5.41, 5.74) is 0.0353. The van der Waals surface area contributed by atoms with Crippen LogP contribution in [0.2, 0.25) is 0 Å². The van der Waals surface area contributed by atoms with E-state index in [4.69, 9.17) is 5.11 Å². The van der Waals surface area contributed by atoms with Gasteiger partial charge in [-0.3, -0.25) is 0 Å². The number of rotatable bonds is 14. The number of esters is 1. The molecule has 0 aromatic heterocycles.